The molecule has 0 saturated carbocycles. The number of benzene rings is 2. The minimum absolute atomic E-state index is 0.0180. The molecule has 28 heavy (non-hydrogen) atoms. The summed E-state index contributed by atoms with van der Waals surface area (Å²) < 4.78 is 31.7. The van der Waals surface area contributed by atoms with E-state index in [1.165, 1.54) is 25.7 Å². The van der Waals surface area contributed by atoms with E-state index in [0.29, 0.717) is 23.8 Å². The lowest BCUT2D eigenvalue weighted by molar-refractivity contribution is 0.102. The third-order valence-corrected chi connectivity index (χ3v) is 5.96. The number of carbonyl (C=O) groups excluding carboxylic acids is 1. The molecule has 0 unspecified atom stereocenters. The van der Waals surface area contributed by atoms with Gasteiger partial charge in [0.25, 0.3) is 5.91 Å². The monoisotopic (exact) mass is 404 g/mol. The van der Waals surface area contributed by atoms with Crippen LogP contribution >= 0.6 is 0 Å². The number of hydrogen-bond acceptors (Lipinski definition) is 4. The molecule has 2 aromatic carbocycles. The van der Waals surface area contributed by atoms with Gasteiger partial charge in [-0.15, -0.1) is 0 Å². The standard InChI is InChI=1S/C21H28N2O4S/c1-6-27-19-12-11-18(14-20(19)28(25,26)23(4)5)22-21(24)17-9-7-16(8-10-17)13-15(2)3/h7-12,14-15H,6,13H2,1-5H3,(H,22,24). The average molecular weight is 405 g/mol. The topological polar surface area (TPSA) is 75.7 Å². The third-order valence-electron chi connectivity index (χ3n) is 4.12. The van der Waals surface area contributed by atoms with Gasteiger partial charge in [0.15, 0.2) is 0 Å². The molecule has 1 N–H and O–H groups in total. The van der Waals surface area contributed by atoms with Crippen LogP contribution in [0.4, 0.5) is 5.69 Å². The van der Waals surface area contributed by atoms with E-state index < -0.39 is 10.0 Å². The summed E-state index contributed by atoms with van der Waals surface area (Å²) in [4.78, 5) is 12.6. The van der Waals surface area contributed by atoms with E-state index in [1.54, 1.807) is 31.2 Å². The fourth-order valence-corrected chi connectivity index (χ4v) is 3.78. The molecular weight excluding hydrogens is 376 g/mol. The van der Waals surface area contributed by atoms with Crippen molar-refractivity contribution in [3.8, 4) is 5.75 Å². The van der Waals surface area contributed by atoms with Gasteiger partial charge < -0.3 is 10.1 Å². The van der Waals surface area contributed by atoms with Gasteiger partial charge in [0.2, 0.25) is 10.0 Å². The Bertz CT molecular complexity index is 920. The molecular formula is C21H28N2O4S. The van der Waals surface area contributed by atoms with Gasteiger partial charge in [-0.25, -0.2) is 12.7 Å². The summed E-state index contributed by atoms with van der Waals surface area (Å²) in [6.07, 6.45) is 0.951. The normalized spacial score (nSPS) is 11.7. The van der Waals surface area contributed by atoms with Crippen LogP contribution in [0.3, 0.4) is 0 Å². The highest BCUT2D eigenvalue weighted by Gasteiger charge is 2.23. The van der Waals surface area contributed by atoms with Crippen LogP contribution in [-0.4, -0.2) is 39.3 Å². The van der Waals surface area contributed by atoms with Crippen LogP contribution in [0.25, 0.3) is 0 Å². The number of rotatable bonds is 8. The van der Waals surface area contributed by atoms with Crippen LogP contribution in [-0.2, 0) is 16.4 Å². The van der Waals surface area contributed by atoms with E-state index in [4.69, 9.17) is 4.74 Å². The number of amides is 1. The number of sulfonamides is 1. The van der Waals surface area contributed by atoms with Gasteiger partial charge in [-0.2, -0.15) is 0 Å². The van der Waals surface area contributed by atoms with Crippen LogP contribution < -0.4 is 10.1 Å². The van der Waals surface area contributed by atoms with Crippen LogP contribution in [0.5, 0.6) is 5.75 Å². The Kier molecular flexibility index (Phi) is 7.21. The SMILES string of the molecule is CCOc1ccc(NC(=O)c2ccc(CC(C)C)cc2)cc1S(=O)(=O)N(C)C. The molecule has 0 radical (unpaired) electrons. The molecule has 152 valence electrons. The van der Waals surface area contributed by atoms with Gasteiger partial charge in [-0.3, -0.25) is 4.79 Å². The number of nitrogens with one attached hydrogen (secondary N) is 1. The summed E-state index contributed by atoms with van der Waals surface area (Å²) in [5.74, 6) is 0.501. The minimum Gasteiger partial charge on any atom is -0.492 e. The Hall–Kier alpha value is -2.38. The summed E-state index contributed by atoms with van der Waals surface area (Å²) in [5, 5.41) is 2.76. The van der Waals surface area contributed by atoms with Gasteiger partial charge >= 0.3 is 0 Å². The number of carbonyl (C=O) groups is 1. The van der Waals surface area contributed by atoms with Crippen molar-refractivity contribution < 1.29 is 17.9 Å². The molecule has 0 aliphatic carbocycles. The number of anilines is 1. The third kappa shape index (κ3) is 5.33. The molecule has 2 aromatic rings. The van der Waals surface area contributed by atoms with Crippen molar-refractivity contribution in [2.24, 2.45) is 5.92 Å². The van der Waals surface area contributed by atoms with Crippen LogP contribution in [0.1, 0.15) is 36.7 Å². The van der Waals surface area contributed by atoms with Crippen molar-refractivity contribution in [3.05, 3.63) is 53.6 Å². The van der Waals surface area contributed by atoms with Crippen molar-refractivity contribution in [2.45, 2.75) is 32.1 Å². The van der Waals surface area contributed by atoms with Gasteiger partial charge in [0, 0.05) is 25.3 Å². The first-order chi connectivity index (χ1) is 13.1. The molecule has 0 aromatic heterocycles. The highest BCUT2D eigenvalue weighted by molar-refractivity contribution is 7.89. The predicted octanol–water partition coefficient (Wildman–Crippen LogP) is 3.79. The lowest BCUT2D eigenvalue weighted by Crippen LogP contribution is -2.23. The van der Waals surface area contributed by atoms with Gasteiger partial charge in [-0.05, 0) is 55.2 Å². The average Bonchev–Trinajstić information content (AvgIpc) is 2.63. The fourth-order valence-electron chi connectivity index (χ4n) is 2.73. The zero-order valence-corrected chi connectivity index (χ0v) is 17.8. The first kappa shape index (κ1) is 21.9. The minimum atomic E-state index is -3.71. The van der Waals surface area contributed by atoms with E-state index >= 15 is 0 Å². The van der Waals surface area contributed by atoms with Crippen molar-refractivity contribution in [3.63, 3.8) is 0 Å². The molecule has 0 aliphatic heterocycles. The van der Waals surface area contributed by atoms with Crippen LogP contribution in [0.15, 0.2) is 47.4 Å². The molecule has 1 amide bonds. The molecule has 0 aliphatic rings. The van der Waals surface area contributed by atoms with Crippen LogP contribution in [0.2, 0.25) is 0 Å². The van der Waals surface area contributed by atoms with E-state index in [2.05, 4.69) is 19.2 Å². The lowest BCUT2D eigenvalue weighted by Gasteiger charge is -2.16. The molecule has 0 atom stereocenters. The smallest absolute Gasteiger partial charge is 0.255 e. The Morgan fingerprint density at radius 3 is 2.29 bits per heavy atom. The highest BCUT2D eigenvalue weighted by atomic mass is 32.2. The largest absolute Gasteiger partial charge is 0.492 e. The van der Waals surface area contributed by atoms with Gasteiger partial charge in [-0.1, -0.05) is 26.0 Å². The van der Waals surface area contributed by atoms with Crippen molar-refractivity contribution >= 4 is 21.6 Å². The summed E-state index contributed by atoms with van der Waals surface area (Å²) in [7, 11) is -0.806. The van der Waals surface area contributed by atoms with E-state index in [9.17, 15) is 13.2 Å². The van der Waals surface area contributed by atoms with E-state index in [-0.39, 0.29) is 16.6 Å². The predicted molar refractivity (Wildman–Crippen MR) is 111 cm³/mol. The maximum Gasteiger partial charge on any atom is 0.255 e. The van der Waals surface area contributed by atoms with Crippen molar-refractivity contribution in [1.29, 1.82) is 0 Å². The molecule has 2 rings (SSSR count). The second-order valence-corrected chi connectivity index (χ2v) is 9.25. The summed E-state index contributed by atoms with van der Waals surface area (Å²) in [5.41, 5.74) is 2.07. The first-order valence-corrected chi connectivity index (χ1v) is 10.7. The molecule has 0 bridgehead atoms. The lowest BCUT2D eigenvalue weighted by atomic mass is 10.0. The number of ether oxygens (including phenoxy) is 1. The van der Waals surface area contributed by atoms with Gasteiger partial charge in [0.05, 0.1) is 6.61 Å². The van der Waals surface area contributed by atoms with Crippen LogP contribution in [0, 0.1) is 5.92 Å². The number of nitrogens with zero attached hydrogens (tertiary/aromatic N) is 1. The van der Waals surface area contributed by atoms with E-state index in [1.807, 2.05) is 12.1 Å². The maximum absolute atomic E-state index is 12.6. The molecule has 0 saturated heterocycles. The fraction of sp³-hybridized carbons (Fsp3) is 0.381. The highest BCUT2D eigenvalue weighted by Crippen LogP contribution is 2.29. The van der Waals surface area contributed by atoms with E-state index in [0.717, 1.165) is 10.7 Å². The Morgan fingerprint density at radius 1 is 1.11 bits per heavy atom. The summed E-state index contributed by atoms with van der Waals surface area (Å²) in [6, 6.07) is 12.0. The second kappa shape index (κ2) is 9.21. The Morgan fingerprint density at radius 2 is 1.75 bits per heavy atom. The van der Waals surface area contributed by atoms with Gasteiger partial charge in [0.1, 0.15) is 10.6 Å². The molecule has 0 fully saturated rings. The first-order valence-electron chi connectivity index (χ1n) is 9.24. The molecule has 7 heteroatoms. The summed E-state index contributed by atoms with van der Waals surface area (Å²) >= 11 is 0. The molecule has 0 spiro atoms. The second-order valence-electron chi connectivity index (χ2n) is 7.13. The molecule has 0 heterocycles. The summed E-state index contributed by atoms with van der Waals surface area (Å²) in [6.45, 7) is 6.41. The zero-order chi connectivity index (χ0) is 20.9. The Balaban J connectivity index is 2.27. The Labute approximate surface area is 167 Å². The van der Waals surface area contributed by atoms with Crippen molar-refractivity contribution in [1.82, 2.24) is 4.31 Å². The van der Waals surface area contributed by atoms with Crippen molar-refractivity contribution in [2.75, 3.05) is 26.0 Å². The maximum atomic E-state index is 12.6. The zero-order valence-electron chi connectivity index (χ0n) is 17.0. The quantitative estimate of drug-likeness (QED) is 0.726. The number of hydrogen-bond donors (Lipinski definition) is 1. The molecule has 6 nitrogen and oxygen atoms in total.